The molecule has 0 saturated carbocycles. The smallest absolute Gasteiger partial charge is 0.295 e. The molecule has 3 rings (SSSR count). The molecule has 3 N–H and O–H groups in total. The highest BCUT2D eigenvalue weighted by Crippen LogP contribution is 2.48. The molecule has 114 valence electrons. The van der Waals surface area contributed by atoms with Crippen molar-refractivity contribution in [3.05, 3.63) is 47.5 Å². The number of hydrogen-bond donors (Lipinski definition) is 3. The van der Waals surface area contributed by atoms with E-state index in [0.29, 0.717) is 0 Å². The van der Waals surface area contributed by atoms with Gasteiger partial charge in [0.05, 0.1) is 7.11 Å². The van der Waals surface area contributed by atoms with Crippen LogP contribution in [0.2, 0.25) is 0 Å². The monoisotopic (exact) mass is 302 g/mol. The van der Waals surface area contributed by atoms with E-state index in [4.69, 9.17) is 9.47 Å². The van der Waals surface area contributed by atoms with Gasteiger partial charge in [-0.05, 0) is 0 Å². The number of rotatable bonds is 2. The molecule has 6 heteroatoms. The third-order valence-corrected chi connectivity index (χ3v) is 3.64. The highest BCUT2D eigenvalue weighted by molar-refractivity contribution is 5.92. The molecule has 1 heterocycles. The fourth-order valence-electron chi connectivity index (χ4n) is 2.51. The first-order valence-corrected chi connectivity index (χ1v) is 6.59. The molecule has 0 amide bonds. The van der Waals surface area contributed by atoms with Crippen molar-refractivity contribution in [1.29, 1.82) is 0 Å². The number of hydrogen-bond acceptors (Lipinski definition) is 6. The van der Waals surface area contributed by atoms with Gasteiger partial charge in [0.15, 0.2) is 11.5 Å². The molecule has 0 bridgehead atoms. The van der Waals surface area contributed by atoms with E-state index in [2.05, 4.69) is 0 Å². The maximum absolute atomic E-state index is 12.4. The fourth-order valence-corrected chi connectivity index (χ4v) is 2.51. The molecular weight excluding hydrogens is 288 g/mol. The Morgan fingerprint density at radius 2 is 1.91 bits per heavy atom. The summed E-state index contributed by atoms with van der Waals surface area (Å²) in [6, 6.07) is 9.39. The third-order valence-electron chi connectivity index (χ3n) is 3.64. The molecule has 0 aromatic heterocycles. The first kappa shape index (κ1) is 14.2. The van der Waals surface area contributed by atoms with Gasteiger partial charge in [0.25, 0.3) is 5.79 Å². The van der Waals surface area contributed by atoms with Gasteiger partial charge in [-0.15, -0.1) is 0 Å². The number of carbonyl (C=O) groups is 1. The number of ether oxygens (including phenoxy) is 2. The maximum atomic E-state index is 12.4. The van der Waals surface area contributed by atoms with Crippen molar-refractivity contribution in [3.8, 4) is 23.0 Å². The molecule has 6 nitrogen and oxygen atoms in total. The van der Waals surface area contributed by atoms with E-state index in [-0.39, 0.29) is 29.0 Å². The van der Waals surface area contributed by atoms with Crippen LogP contribution in [0, 0.1) is 0 Å². The zero-order valence-corrected chi connectivity index (χ0v) is 11.7. The molecule has 2 aromatic rings. The number of carbonyl (C=O) groups excluding carboxylic acids is 1. The summed E-state index contributed by atoms with van der Waals surface area (Å²) in [7, 11) is 1.30. The zero-order valence-electron chi connectivity index (χ0n) is 11.7. The summed E-state index contributed by atoms with van der Waals surface area (Å²) >= 11 is 0. The van der Waals surface area contributed by atoms with Gasteiger partial charge in [0.1, 0.15) is 5.75 Å². The molecule has 1 aliphatic heterocycles. The minimum atomic E-state index is -2.14. The lowest BCUT2D eigenvalue weighted by molar-refractivity contribution is -0.179. The van der Waals surface area contributed by atoms with Crippen LogP contribution in [0.5, 0.6) is 23.0 Å². The molecule has 0 saturated heterocycles. The molecule has 0 radical (unpaired) electrons. The number of ketones is 1. The average Bonchev–Trinajstić information content (AvgIpc) is 2.52. The Hall–Kier alpha value is -2.73. The lowest BCUT2D eigenvalue weighted by Gasteiger charge is -2.33. The van der Waals surface area contributed by atoms with Gasteiger partial charge in [0, 0.05) is 23.6 Å². The van der Waals surface area contributed by atoms with Crippen molar-refractivity contribution < 1.29 is 29.6 Å². The number of methoxy groups -OCH3 is 1. The fraction of sp³-hybridized carbons (Fsp3) is 0.188. The van der Waals surface area contributed by atoms with Crippen molar-refractivity contribution in [2.75, 3.05) is 7.11 Å². The number of phenols is 2. The number of phenolic OH excluding ortho intramolecular Hbond substituents is 2. The van der Waals surface area contributed by atoms with Gasteiger partial charge in [-0.2, -0.15) is 0 Å². The van der Waals surface area contributed by atoms with E-state index >= 15 is 0 Å². The van der Waals surface area contributed by atoms with Gasteiger partial charge in [0.2, 0.25) is 11.5 Å². The second-order valence-electron chi connectivity index (χ2n) is 4.97. The van der Waals surface area contributed by atoms with Crippen LogP contribution in [-0.4, -0.2) is 28.2 Å². The molecule has 2 aromatic carbocycles. The first-order chi connectivity index (χ1) is 10.5. The summed E-state index contributed by atoms with van der Waals surface area (Å²) in [5, 5.41) is 30.1. The average molecular weight is 302 g/mol. The van der Waals surface area contributed by atoms with Crippen LogP contribution in [0.25, 0.3) is 0 Å². The Labute approximate surface area is 126 Å². The number of Topliss-reactive ketones (excluding diaryl/α,β-unsaturated/α-hetero) is 1. The molecular formula is C16H14O6. The predicted molar refractivity (Wildman–Crippen MR) is 76.0 cm³/mol. The summed E-state index contributed by atoms with van der Waals surface area (Å²) in [5.74, 6) is -3.61. The third kappa shape index (κ3) is 1.96. The minimum Gasteiger partial charge on any atom is -0.504 e. The van der Waals surface area contributed by atoms with Crippen LogP contribution in [-0.2, 0) is 17.0 Å². The summed E-state index contributed by atoms with van der Waals surface area (Å²) in [5.41, 5.74) is 0.570. The zero-order chi connectivity index (χ0) is 15.9. The SMILES string of the molecule is COc1c(O)c(O)cc2c1CC(=O)[C@](O)(c1ccccc1)O2. The van der Waals surface area contributed by atoms with Crippen LogP contribution >= 0.6 is 0 Å². The number of benzene rings is 2. The lowest BCUT2D eigenvalue weighted by Crippen LogP contribution is -2.45. The largest absolute Gasteiger partial charge is 0.504 e. The lowest BCUT2D eigenvalue weighted by atomic mass is 9.92. The van der Waals surface area contributed by atoms with E-state index < -0.39 is 23.1 Å². The van der Waals surface area contributed by atoms with Crippen LogP contribution in [0.1, 0.15) is 11.1 Å². The Balaban J connectivity index is 2.14. The van der Waals surface area contributed by atoms with Crippen molar-refractivity contribution in [2.24, 2.45) is 0 Å². The number of aromatic hydroxyl groups is 2. The van der Waals surface area contributed by atoms with E-state index in [0.717, 1.165) is 6.07 Å². The summed E-state index contributed by atoms with van der Waals surface area (Å²) in [4.78, 5) is 12.4. The second kappa shape index (κ2) is 4.92. The van der Waals surface area contributed by atoms with Gasteiger partial charge in [-0.3, -0.25) is 4.79 Å². The summed E-state index contributed by atoms with van der Waals surface area (Å²) in [6.45, 7) is 0. The highest BCUT2D eigenvalue weighted by Gasteiger charge is 2.45. The van der Waals surface area contributed by atoms with Crippen molar-refractivity contribution in [2.45, 2.75) is 12.2 Å². The van der Waals surface area contributed by atoms with Crippen LogP contribution < -0.4 is 9.47 Å². The van der Waals surface area contributed by atoms with E-state index in [9.17, 15) is 20.1 Å². The Morgan fingerprint density at radius 3 is 2.55 bits per heavy atom. The molecule has 0 unspecified atom stereocenters. The van der Waals surface area contributed by atoms with Gasteiger partial charge < -0.3 is 24.8 Å². The molecule has 22 heavy (non-hydrogen) atoms. The van der Waals surface area contributed by atoms with Crippen LogP contribution in [0.4, 0.5) is 0 Å². The van der Waals surface area contributed by atoms with Crippen LogP contribution in [0.3, 0.4) is 0 Å². The number of aliphatic hydroxyl groups is 1. The second-order valence-corrected chi connectivity index (χ2v) is 4.97. The van der Waals surface area contributed by atoms with Crippen molar-refractivity contribution in [1.82, 2.24) is 0 Å². The van der Waals surface area contributed by atoms with Gasteiger partial charge >= 0.3 is 0 Å². The van der Waals surface area contributed by atoms with Gasteiger partial charge in [-0.25, -0.2) is 0 Å². The normalized spacial score (nSPS) is 20.2. The Morgan fingerprint density at radius 1 is 1.23 bits per heavy atom. The molecule has 1 atom stereocenters. The molecule has 0 fully saturated rings. The van der Waals surface area contributed by atoms with Crippen molar-refractivity contribution >= 4 is 5.78 Å². The maximum Gasteiger partial charge on any atom is 0.295 e. The quantitative estimate of drug-likeness (QED) is 0.727. The molecule has 1 aliphatic rings. The molecule has 0 spiro atoms. The van der Waals surface area contributed by atoms with Crippen LogP contribution in [0.15, 0.2) is 36.4 Å². The van der Waals surface area contributed by atoms with E-state index in [1.807, 2.05) is 0 Å². The predicted octanol–water partition coefficient (Wildman–Crippen LogP) is 1.46. The van der Waals surface area contributed by atoms with E-state index in [1.165, 1.54) is 7.11 Å². The first-order valence-electron chi connectivity index (χ1n) is 6.59. The Kier molecular flexibility index (Phi) is 3.18. The highest BCUT2D eigenvalue weighted by atomic mass is 16.6. The summed E-state index contributed by atoms with van der Waals surface area (Å²) < 4.78 is 10.5. The minimum absolute atomic E-state index is 0.0431. The standard InChI is InChI=1S/C16H14O6/c1-21-15-10-7-13(18)16(20,9-5-3-2-4-6-9)22-12(10)8-11(17)14(15)19/h2-6,8,17,19-20H,7H2,1H3/t16-/m0/s1. The molecule has 0 aliphatic carbocycles. The Bertz CT molecular complexity index is 740. The van der Waals surface area contributed by atoms with E-state index in [1.54, 1.807) is 30.3 Å². The topological polar surface area (TPSA) is 96.2 Å². The summed E-state index contributed by atoms with van der Waals surface area (Å²) in [6.07, 6.45) is -0.197. The van der Waals surface area contributed by atoms with Crippen molar-refractivity contribution in [3.63, 3.8) is 0 Å². The number of fused-ring (bicyclic) bond motifs is 1. The van der Waals surface area contributed by atoms with Gasteiger partial charge in [-0.1, -0.05) is 30.3 Å².